The largest absolute Gasteiger partial charge is 0.460 e. The molecule has 1 aliphatic carbocycles. The highest BCUT2D eigenvalue weighted by Gasteiger charge is 2.25. The van der Waals surface area contributed by atoms with Crippen molar-refractivity contribution in [1.29, 1.82) is 0 Å². The summed E-state index contributed by atoms with van der Waals surface area (Å²) >= 11 is 0. The summed E-state index contributed by atoms with van der Waals surface area (Å²) in [7, 11) is 0. The number of hydrogen-bond donors (Lipinski definition) is 1. The number of rotatable bonds is 3. The molecule has 0 spiro atoms. The van der Waals surface area contributed by atoms with E-state index in [0.717, 1.165) is 51.6 Å². The van der Waals surface area contributed by atoms with Gasteiger partial charge in [0.25, 0.3) is 0 Å². The molecule has 130 valence electrons. The highest BCUT2D eigenvalue weighted by Crippen LogP contribution is 2.36. The second kappa shape index (κ2) is 5.48. The maximum Gasteiger partial charge on any atom is 0.340 e. The van der Waals surface area contributed by atoms with Crippen molar-refractivity contribution in [2.45, 2.75) is 53.0 Å². The highest BCUT2D eigenvalue weighted by atomic mass is 16.4. The molecule has 3 aromatic rings. The number of amides is 1. The summed E-state index contributed by atoms with van der Waals surface area (Å²) in [6, 6.07) is 2.15. The molecule has 5 nitrogen and oxygen atoms in total. The molecule has 4 rings (SSSR count). The summed E-state index contributed by atoms with van der Waals surface area (Å²) in [5, 5.41) is 4.76. The Bertz CT molecular complexity index is 1080. The van der Waals surface area contributed by atoms with E-state index in [-0.39, 0.29) is 18.4 Å². The minimum absolute atomic E-state index is 0.0364. The Morgan fingerprint density at radius 2 is 1.84 bits per heavy atom. The van der Waals surface area contributed by atoms with E-state index >= 15 is 0 Å². The molecule has 25 heavy (non-hydrogen) atoms. The lowest BCUT2D eigenvalue weighted by atomic mass is 9.98. The fourth-order valence-electron chi connectivity index (χ4n) is 3.50. The Kier molecular flexibility index (Phi) is 3.49. The minimum Gasteiger partial charge on any atom is -0.460 e. The molecule has 2 aromatic heterocycles. The number of hydrogen-bond acceptors (Lipinski definition) is 4. The third-order valence-electron chi connectivity index (χ3n) is 5.16. The lowest BCUT2D eigenvalue weighted by Gasteiger charge is -2.10. The molecule has 1 N–H and O–H groups in total. The van der Waals surface area contributed by atoms with Crippen molar-refractivity contribution in [2.75, 3.05) is 0 Å². The molecular weight excluding hydrogens is 318 g/mol. The standard InChI is InChI=1S/C20H21NO4/c1-9-7-15-18(19-17(9)10(2)12(4)24-19)11(3)14(20(23)25-15)8-16(22)21-13-5-6-13/h7,13H,5-6,8H2,1-4H3,(H,21,22). The van der Waals surface area contributed by atoms with Gasteiger partial charge in [0.15, 0.2) is 0 Å². The quantitative estimate of drug-likeness (QED) is 0.740. The molecule has 0 bridgehead atoms. The van der Waals surface area contributed by atoms with E-state index in [1.54, 1.807) is 0 Å². The fourth-order valence-corrected chi connectivity index (χ4v) is 3.50. The number of benzene rings is 1. The predicted molar refractivity (Wildman–Crippen MR) is 96.1 cm³/mol. The second-order valence-electron chi connectivity index (χ2n) is 7.07. The molecule has 1 aliphatic rings. The van der Waals surface area contributed by atoms with Crippen LogP contribution in [-0.2, 0) is 11.2 Å². The van der Waals surface area contributed by atoms with Gasteiger partial charge in [-0.3, -0.25) is 4.79 Å². The minimum atomic E-state index is -0.449. The van der Waals surface area contributed by atoms with E-state index < -0.39 is 5.63 Å². The Morgan fingerprint density at radius 1 is 1.12 bits per heavy atom. The Hall–Kier alpha value is -2.56. The van der Waals surface area contributed by atoms with Gasteiger partial charge in [-0.25, -0.2) is 4.79 Å². The topological polar surface area (TPSA) is 72.5 Å². The van der Waals surface area contributed by atoms with Gasteiger partial charge in [0, 0.05) is 11.4 Å². The van der Waals surface area contributed by atoms with Crippen molar-refractivity contribution < 1.29 is 13.6 Å². The van der Waals surface area contributed by atoms with Gasteiger partial charge >= 0.3 is 5.63 Å². The summed E-state index contributed by atoms with van der Waals surface area (Å²) < 4.78 is 11.5. The molecular formula is C20H21NO4. The first kappa shape index (κ1) is 15.9. The van der Waals surface area contributed by atoms with Gasteiger partial charge in [-0.2, -0.15) is 0 Å². The molecule has 1 saturated carbocycles. The van der Waals surface area contributed by atoms with Crippen LogP contribution in [0.5, 0.6) is 0 Å². The van der Waals surface area contributed by atoms with Crippen molar-refractivity contribution in [3.05, 3.63) is 44.5 Å². The normalized spacial score (nSPS) is 14.4. The van der Waals surface area contributed by atoms with Crippen LogP contribution >= 0.6 is 0 Å². The second-order valence-corrected chi connectivity index (χ2v) is 7.07. The SMILES string of the molecule is Cc1oc2c(c(C)cc3oc(=O)c(CC(=O)NC4CC4)c(C)c32)c1C. The number of fused-ring (bicyclic) bond motifs is 3. The van der Waals surface area contributed by atoms with Crippen LogP contribution < -0.4 is 10.9 Å². The van der Waals surface area contributed by atoms with Crippen LogP contribution in [0.3, 0.4) is 0 Å². The van der Waals surface area contributed by atoms with Crippen LogP contribution in [0.1, 0.15) is 40.9 Å². The molecule has 1 aromatic carbocycles. The first-order valence-electron chi connectivity index (χ1n) is 8.61. The Labute approximate surface area is 145 Å². The highest BCUT2D eigenvalue weighted by molar-refractivity contribution is 6.07. The number of aryl methyl sites for hydroxylation is 4. The third kappa shape index (κ3) is 2.54. The Balaban J connectivity index is 1.94. The third-order valence-corrected chi connectivity index (χ3v) is 5.16. The summed E-state index contributed by atoms with van der Waals surface area (Å²) in [6.45, 7) is 7.80. The van der Waals surface area contributed by atoms with E-state index in [0.29, 0.717) is 11.1 Å². The molecule has 1 amide bonds. The number of furan rings is 1. The van der Waals surface area contributed by atoms with Crippen molar-refractivity contribution in [3.63, 3.8) is 0 Å². The average molecular weight is 339 g/mol. The van der Waals surface area contributed by atoms with Crippen LogP contribution in [0.2, 0.25) is 0 Å². The molecule has 0 radical (unpaired) electrons. The van der Waals surface area contributed by atoms with Gasteiger partial charge in [0.1, 0.15) is 16.9 Å². The van der Waals surface area contributed by atoms with Crippen LogP contribution in [0.4, 0.5) is 0 Å². The van der Waals surface area contributed by atoms with E-state index in [1.165, 1.54) is 0 Å². The molecule has 0 atom stereocenters. The van der Waals surface area contributed by atoms with Gasteiger partial charge < -0.3 is 14.2 Å². The zero-order valence-corrected chi connectivity index (χ0v) is 14.9. The number of nitrogens with one attached hydrogen (secondary N) is 1. The van der Waals surface area contributed by atoms with E-state index in [9.17, 15) is 9.59 Å². The average Bonchev–Trinajstić information content (AvgIpc) is 3.28. The van der Waals surface area contributed by atoms with Crippen LogP contribution in [0.25, 0.3) is 21.9 Å². The van der Waals surface area contributed by atoms with E-state index in [2.05, 4.69) is 5.32 Å². The van der Waals surface area contributed by atoms with Gasteiger partial charge in [-0.1, -0.05) is 0 Å². The molecule has 0 unspecified atom stereocenters. The van der Waals surface area contributed by atoms with Gasteiger partial charge in [0.05, 0.1) is 17.4 Å². The van der Waals surface area contributed by atoms with Gasteiger partial charge in [-0.15, -0.1) is 0 Å². The van der Waals surface area contributed by atoms with Crippen LogP contribution in [0.15, 0.2) is 19.7 Å². The van der Waals surface area contributed by atoms with Crippen molar-refractivity contribution in [3.8, 4) is 0 Å². The molecule has 1 fully saturated rings. The van der Waals surface area contributed by atoms with Crippen LogP contribution in [-0.4, -0.2) is 11.9 Å². The number of carbonyl (C=O) groups excluding carboxylic acids is 1. The summed E-state index contributed by atoms with van der Waals surface area (Å²) in [4.78, 5) is 24.6. The van der Waals surface area contributed by atoms with Gasteiger partial charge in [-0.05, 0) is 63.3 Å². The smallest absolute Gasteiger partial charge is 0.340 e. The molecule has 5 heteroatoms. The van der Waals surface area contributed by atoms with Crippen molar-refractivity contribution in [2.24, 2.45) is 0 Å². The molecule has 0 aliphatic heterocycles. The lowest BCUT2D eigenvalue weighted by molar-refractivity contribution is -0.120. The number of carbonyl (C=O) groups is 1. The molecule has 2 heterocycles. The van der Waals surface area contributed by atoms with Crippen molar-refractivity contribution >= 4 is 27.8 Å². The first-order valence-corrected chi connectivity index (χ1v) is 8.61. The fraction of sp³-hybridized carbons (Fsp3) is 0.400. The van der Waals surface area contributed by atoms with Crippen molar-refractivity contribution in [1.82, 2.24) is 5.32 Å². The zero-order valence-electron chi connectivity index (χ0n) is 14.9. The predicted octanol–water partition coefficient (Wildman–Crippen LogP) is 3.59. The van der Waals surface area contributed by atoms with E-state index in [1.807, 2.05) is 33.8 Å². The van der Waals surface area contributed by atoms with Crippen LogP contribution in [0, 0.1) is 27.7 Å². The van der Waals surface area contributed by atoms with Gasteiger partial charge in [0.2, 0.25) is 5.91 Å². The van der Waals surface area contributed by atoms with E-state index in [4.69, 9.17) is 8.83 Å². The molecule has 0 saturated heterocycles. The Morgan fingerprint density at radius 3 is 2.52 bits per heavy atom. The monoisotopic (exact) mass is 339 g/mol. The summed E-state index contributed by atoms with van der Waals surface area (Å²) in [5.41, 5.74) is 4.06. The first-order chi connectivity index (χ1) is 11.9. The summed E-state index contributed by atoms with van der Waals surface area (Å²) in [5.74, 6) is 0.719. The zero-order chi connectivity index (χ0) is 17.9. The lowest BCUT2D eigenvalue weighted by Crippen LogP contribution is -2.29. The maximum atomic E-state index is 12.4. The maximum absolute atomic E-state index is 12.4. The summed E-state index contributed by atoms with van der Waals surface area (Å²) in [6.07, 6.45) is 2.07.